The molecule has 0 radical (unpaired) electrons. The highest BCUT2D eigenvalue weighted by atomic mass is 16.5. The van der Waals surface area contributed by atoms with Gasteiger partial charge in [0.25, 0.3) is 0 Å². The lowest BCUT2D eigenvalue weighted by molar-refractivity contribution is -0.906. The Morgan fingerprint density at radius 3 is 2.76 bits per heavy atom. The van der Waals surface area contributed by atoms with E-state index in [-0.39, 0.29) is 5.91 Å². The summed E-state index contributed by atoms with van der Waals surface area (Å²) >= 11 is 0. The number of benzene rings is 1. The van der Waals surface area contributed by atoms with E-state index >= 15 is 0 Å². The fourth-order valence-electron chi connectivity index (χ4n) is 2.77. The molecule has 1 aromatic carbocycles. The molecule has 1 aromatic heterocycles. The molecule has 1 aliphatic heterocycles. The molecule has 0 aliphatic carbocycles. The molecule has 0 saturated carbocycles. The number of carbonyl (C=O) groups excluding carboxylic acids is 1. The fraction of sp³-hybridized carbons (Fsp3) is 0.500. The Kier molecular flexibility index (Phi) is 6.14. The minimum Gasteiger partial charge on any atom is -0.370 e. The van der Waals surface area contributed by atoms with Crippen LogP contribution in [0.1, 0.15) is 17.9 Å². The van der Waals surface area contributed by atoms with E-state index in [2.05, 4.69) is 15.5 Å². The summed E-state index contributed by atoms with van der Waals surface area (Å²) in [6.07, 6.45) is 0.809. The van der Waals surface area contributed by atoms with Crippen LogP contribution >= 0.6 is 0 Å². The van der Waals surface area contributed by atoms with E-state index in [0.717, 1.165) is 38.4 Å². The average molecular weight is 345 g/mol. The van der Waals surface area contributed by atoms with Crippen molar-refractivity contribution in [2.45, 2.75) is 19.8 Å². The predicted molar refractivity (Wildman–Crippen MR) is 92.2 cm³/mol. The first-order chi connectivity index (χ1) is 12.2. The number of ether oxygens (including phenoxy) is 1. The van der Waals surface area contributed by atoms with Crippen LogP contribution < -0.4 is 10.2 Å². The maximum absolute atomic E-state index is 11.9. The molecule has 0 bridgehead atoms. The molecular formula is C18H25N4O3+. The Morgan fingerprint density at radius 1 is 1.24 bits per heavy atom. The van der Waals surface area contributed by atoms with Crippen LogP contribution in [0, 0.1) is 6.92 Å². The van der Waals surface area contributed by atoms with Crippen molar-refractivity contribution >= 4 is 5.91 Å². The Balaban J connectivity index is 1.39. The topological polar surface area (TPSA) is 81.7 Å². The van der Waals surface area contributed by atoms with Crippen molar-refractivity contribution < 1.29 is 19.0 Å². The van der Waals surface area contributed by atoms with Gasteiger partial charge in [-0.2, -0.15) is 4.98 Å². The lowest BCUT2D eigenvalue weighted by Crippen LogP contribution is -3.14. The second kappa shape index (κ2) is 8.73. The summed E-state index contributed by atoms with van der Waals surface area (Å²) in [4.78, 5) is 17.8. The molecule has 1 aliphatic rings. The summed E-state index contributed by atoms with van der Waals surface area (Å²) in [5.41, 5.74) is 2.10. The van der Waals surface area contributed by atoms with Gasteiger partial charge in [-0.25, -0.2) is 0 Å². The van der Waals surface area contributed by atoms with Crippen LogP contribution in [-0.4, -0.2) is 55.4 Å². The van der Waals surface area contributed by atoms with Gasteiger partial charge in [-0.3, -0.25) is 4.79 Å². The van der Waals surface area contributed by atoms with Crippen molar-refractivity contribution in [3.8, 4) is 11.4 Å². The number of quaternary nitrogens is 1. The normalized spacial score (nSPS) is 15.2. The third-order valence-electron chi connectivity index (χ3n) is 4.34. The van der Waals surface area contributed by atoms with Crippen LogP contribution in [0.3, 0.4) is 0 Å². The predicted octanol–water partition coefficient (Wildman–Crippen LogP) is 0.00892. The van der Waals surface area contributed by atoms with Gasteiger partial charge >= 0.3 is 0 Å². The number of hydrogen-bond donors (Lipinski definition) is 2. The molecule has 1 amide bonds. The molecule has 7 heteroatoms. The maximum atomic E-state index is 11.9. The Bertz CT molecular complexity index is 678. The Hall–Kier alpha value is -2.25. The summed E-state index contributed by atoms with van der Waals surface area (Å²) in [6, 6.07) is 7.94. The first kappa shape index (κ1) is 17.6. The number of amides is 1. The van der Waals surface area contributed by atoms with Crippen LogP contribution in [-0.2, 0) is 16.0 Å². The van der Waals surface area contributed by atoms with Crippen molar-refractivity contribution in [2.75, 3.05) is 39.4 Å². The van der Waals surface area contributed by atoms with Gasteiger partial charge in [-0.15, -0.1) is 0 Å². The number of carbonyl (C=O) groups is 1. The van der Waals surface area contributed by atoms with Crippen LogP contribution in [0.5, 0.6) is 0 Å². The highest BCUT2D eigenvalue weighted by Gasteiger charge is 2.14. The van der Waals surface area contributed by atoms with Gasteiger partial charge in [-0.1, -0.05) is 35.0 Å². The molecule has 7 nitrogen and oxygen atoms in total. The number of aryl methyl sites for hydroxylation is 2. The third-order valence-corrected chi connectivity index (χ3v) is 4.34. The van der Waals surface area contributed by atoms with E-state index in [4.69, 9.17) is 9.26 Å². The summed E-state index contributed by atoms with van der Waals surface area (Å²) in [5.74, 6) is 1.07. The maximum Gasteiger partial charge on any atom is 0.227 e. The van der Waals surface area contributed by atoms with Gasteiger partial charge in [0.05, 0.1) is 26.3 Å². The summed E-state index contributed by atoms with van der Waals surface area (Å²) in [5, 5.41) is 6.94. The molecule has 1 fully saturated rings. The third kappa shape index (κ3) is 5.37. The van der Waals surface area contributed by atoms with Crippen molar-refractivity contribution in [1.82, 2.24) is 15.5 Å². The molecule has 0 atom stereocenters. The van der Waals surface area contributed by atoms with Gasteiger partial charge < -0.3 is 19.5 Å². The number of nitrogens with zero attached hydrogens (tertiary/aromatic N) is 2. The zero-order valence-electron chi connectivity index (χ0n) is 14.6. The standard InChI is InChI=1S/C18H24N4O3/c1-14-2-4-15(5-3-14)18-20-17(25-21-18)7-6-16(23)19-8-9-22-10-12-24-13-11-22/h2-5H,6-13H2,1H3,(H,19,23)/p+1. The summed E-state index contributed by atoms with van der Waals surface area (Å²) in [6.45, 7) is 7.30. The molecule has 2 aromatic rings. The zero-order chi connectivity index (χ0) is 17.5. The van der Waals surface area contributed by atoms with E-state index in [9.17, 15) is 4.79 Å². The minimum atomic E-state index is 0.0164. The van der Waals surface area contributed by atoms with Gasteiger partial charge in [0, 0.05) is 18.4 Å². The smallest absolute Gasteiger partial charge is 0.227 e. The van der Waals surface area contributed by atoms with Crippen LogP contribution in [0.4, 0.5) is 0 Å². The number of nitrogens with one attached hydrogen (secondary N) is 2. The Labute approximate surface area is 147 Å². The van der Waals surface area contributed by atoms with Crippen molar-refractivity contribution in [3.63, 3.8) is 0 Å². The molecule has 2 N–H and O–H groups in total. The molecule has 0 spiro atoms. The van der Waals surface area contributed by atoms with Crippen molar-refractivity contribution in [2.24, 2.45) is 0 Å². The highest BCUT2D eigenvalue weighted by Crippen LogP contribution is 2.16. The SMILES string of the molecule is Cc1ccc(-c2noc(CCC(=O)NCC[NH+]3CCOCC3)n2)cc1. The number of morpholine rings is 1. The van der Waals surface area contributed by atoms with E-state index < -0.39 is 0 Å². The quantitative estimate of drug-likeness (QED) is 0.739. The zero-order valence-corrected chi connectivity index (χ0v) is 14.6. The molecular weight excluding hydrogens is 320 g/mol. The summed E-state index contributed by atoms with van der Waals surface area (Å²) in [7, 11) is 0. The second-order valence-electron chi connectivity index (χ2n) is 6.34. The van der Waals surface area contributed by atoms with Crippen LogP contribution in [0.2, 0.25) is 0 Å². The lowest BCUT2D eigenvalue weighted by atomic mass is 10.1. The summed E-state index contributed by atoms with van der Waals surface area (Å²) < 4.78 is 10.6. The molecule has 25 heavy (non-hydrogen) atoms. The van der Waals surface area contributed by atoms with E-state index in [1.165, 1.54) is 10.5 Å². The van der Waals surface area contributed by atoms with E-state index in [0.29, 0.717) is 31.1 Å². The highest BCUT2D eigenvalue weighted by molar-refractivity contribution is 5.76. The minimum absolute atomic E-state index is 0.0164. The van der Waals surface area contributed by atoms with Gasteiger partial charge in [0.15, 0.2) is 0 Å². The molecule has 1 saturated heterocycles. The van der Waals surface area contributed by atoms with E-state index in [1.54, 1.807) is 0 Å². The Morgan fingerprint density at radius 2 is 2.00 bits per heavy atom. The van der Waals surface area contributed by atoms with Crippen LogP contribution in [0.15, 0.2) is 28.8 Å². The van der Waals surface area contributed by atoms with Gasteiger partial charge in [-0.05, 0) is 6.92 Å². The van der Waals surface area contributed by atoms with Crippen molar-refractivity contribution in [1.29, 1.82) is 0 Å². The first-order valence-electron chi connectivity index (χ1n) is 8.78. The number of rotatable bonds is 7. The monoisotopic (exact) mass is 345 g/mol. The lowest BCUT2D eigenvalue weighted by Gasteiger charge is -2.23. The molecule has 2 heterocycles. The van der Waals surface area contributed by atoms with Crippen molar-refractivity contribution in [3.05, 3.63) is 35.7 Å². The van der Waals surface area contributed by atoms with Gasteiger partial charge in [0.1, 0.15) is 13.1 Å². The number of hydrogen-bond acceptors (Lipinski definition) is 5. The first-order valence-corrected chi connectivity index (χ1v) is 8.78. The fourth-order valence-corrected chi connectivity index (χ4v) is 2.77. The number of aromatic nitrogens is 2. The largest absolute Gasteiger partial charge is 0.370 e. The molecule has 3 rings (SSSR count). The average Bonchev–Trinajstić information content (AvgIpc) is 3.10. The van der Waals surface area contributed by atoms with Gasteiger partial charge in [0.2, 0.25) is 17.6 Å². The molecule has 0 unspecified atom stereocenters. The molecule has 134 valence electrons. The van der Waals surface area contributed by atoms with Crippen LogP contribution in [0.25, 0.3) is 11.4 Å². The van der Waals surface area contributed by atoms with E-state index in [1.807, 2.05) is 31.2 Å². The second-order valence-corrected chi connectivity index (χ2v) is 6.34.